The van der Waals surface area contributed by atoms with Crippen LogP contribution < -0.4 is 71.9 Å². The summed E-state index contributed by atoms with van der Waals surface area (Å²) in [5, 5.41) is 17.1. The Bertz CT molecular complexity index is 920. The molecule has 0 radical (unpaired) electrons. The van der Waals surface area contributed by atoms with Crippen LogP contribution in [-0.4, -0.2) is 30.4 Å². The van der Waals surface area contributed by atoms with Crippen molar-refractivity contribution in [3.05, 3.63) is 65.7 Å². The van der Waals surface area contributed by atoms with E-state index in [-0.39, 0.29) is 63.9 Å². The summed E-state index contributed by atoms with van der Waals surface area (Å²) in [7, 11) is 0. The largest absolute Gasteiger partial charge is 1.00 e. The van der Waals surface area contributed by atoms with Crippen LogP contribution in [0.25, 0.3) is 0 Å². The Labute approximate surface area is 231 Å². The van der Waals surface area contributed by atoms with E-state index in [4.69, 9.17) is 4.74 Å². The Morgan fingerprint density at radius 1 is 1.03 bits per heavy atom. The van der Waals surface area contributed by atoms with Gasteiger partial charge in [0.25, 0.3) is 5.91 Å². The maximum atomic E-state index is 13.0. The number of benzene rings is 2. The predicted molar refractivity (Wildman–Crippen MR) is 115 cm³/mol. The standard InChI is InChI=1S/C24H30N2O5.K/c1-16(2)14-19(25-21(27)15-31-20-13-9-8-10-17(20)3)22(28)26-24(4,23(29)30)18-11-6-5-7-12-18;/h5-13,16,19H,14-15H2,1-4H3,(H,25,27)(H,26,28)(H,29,30);/q;+1/p-1/t19-,24?;/m0./s1. The molecule has 0 fully saturated rings. The van der Waals surface area contributed by atoms with Gasteiger partial charge in [0, 0.05) is 0 Å². The van der Waals surface area contributed by atoms with Crippen LogP contribution >= 0.6 is 0 Å². The number of carboxylic acids is 1. The van der Waals surface area contributed by atoms with Crippen LogP contribution in [0.5, 0.6) is 5.75 Å². The van der Waals surface area contributed by atoms with Crippen LogP contribution in [0.3, 0.4) is 0 Å². The first-order chi connectivity index (χ1) is 14.6. The number of nitrogens with one attached hydrogen (secondary N) is 2. The molecule has 2 atom stereocenters. The summed E-state index contributed by atoms with van der Waals surface area (Å²) in [6.45, 7) is 6.79. The van der Waals surface area contributed by atoms with Gasteiger partial charge < -0.3 is 25.3 Å². The third-order valence-electron chi connectivity index (χ3n) is 4.94. The minimum absolute atomic E-state index is 0. The molecule has 0 aliphatic rings. The van der Waals surface area contributed by atoms with Gasteiger partial charge in [-0.3, -0.25) is 9.59 Å². The van der Waals surface area contributed by atoms with Crippen molar-refractivity contribution in [3.63, 3.8) is 0 Å². The molecule has 8 heteroatoms. The van der Waals surface area contributed by atoms with E-state index >= 15 is 0 Å². The van der Waals surface area contributed by atoms with E-state index in [1.807, 2.05) is 32.9 Å². The molecule has 0 aliphatic carbocycles. The SMILES string of the molecule is Cc1ccccc1OCC(=O)N[C@@H](CC(C)C)C(=O)NC(C)(C(=O)[O-])c1ccccc1.[K+]. The van der Waals surface area contributed by atoms with Crippen molar-refractivity contribution >= 4 is 17.8 Å². The molecule has 2 N–H and O–H groups in total. The fourth-order valence-corrected chi connectivity index (χ4v) is 3.15. The molecule has 0 spiro atoms. The summed E-state index contributed by atoms with van der Waals surface area (Å²) in [6.07, 6.45) is 0.333. The maximum absolute atomic E-state index is 13.0. The zero-order valence-electron chi connectivity index (χ0n) is 19.3. The summed E-state index contributed by atoms with van der Waals surface area (Å²) in [5.74, 6) is -1.85. The quantitative estimate of drug-likeness (QED) is 0.425. The molecular formula is C24H29KN2O5. The Morgan fingerprint density at radius 3 is 2.19 bits per heavy atom. The summed E-state index contributed by atoms with van der Waals surface area (Å²) in [6, 6.07) is 14.7. The van der Waals surface area contributed by atoms with Crippen LogP contribution in [0.2, 0.25) is 0 Å². The number of aliphatic carboxylic acids is 1. The zero-order valence-corrected chi connectivity index (χ0v) is 22.4. The molecule has 166 valence electrons. The second-order valence-corrected chi connectivity index (χ2v) is 8.07. The summed E-state index contributed by atoms with van der Waals surface area (Å²) in [5.41, 5.74) is -0.476. The monoisotopic (exact) mass is 464 g/mol. The van der Waals surface area contributed by atoms with E-state index in [1.165, 1.54) is 6.92 Å². The average Bonchev–Trinajstić information content (AvgIpc) is 2.72. The maximum Gasteiger partial charge on any atom is 1.00 e. The first-order valence-electron chi connectivity index (χ1n) is 10.2. The topological polar surface area (TPSA) is 108 Å². The molecule has 0 saturated heterocycles. The van der Waals surface area contributed by atoms with Gasteiger partial charge in [0.15, 0.2) is 6.61 Å². The van der Waals surface area contributed by atoms with Gasteiger partial charge in [0.05, 0.1) is 5.97 Å². The van der Waals surface area contributed by atoms with Crippen LogP contribution in [0.15, 0.2) is 54.6 Å². The van der Waals surface area contributed by atoms with Crippen molar-refractivity contribution < 1.29 is 75.6 Å². The fourth-order valence-electron chi connectivity index (χ4n) is 3.15. The van der Waals surface area contributed by atoms with Crippen LogP contribution in [0.1, 0.15) is 38.3 Å². The van der Waals surface area contributed by atoms with E-state index in [0.717, 1.165) is 5.56 Å². The number of carboxylic acid groups (broad SMARTS) is 1. The van der Waals surface area contributed by atoms with E-state index < -0.39 is 29.4 Å². The number of hydrogen-bond acceptors (Lipinski definition) is 5. The number of amides is 2. The number of para-hydroxylation sites is 1. The first kappa shape index (κ1) is 28.3. The third-order valence-corrected chi connectivity index (χ3v) is 4.94. The molecule has 32 heavy (non-hydrogen) atoms. The van der Waals surface area contributed by atoms with Gasteiger partial charge >= 0.3 is 51.4 Å². The minimum atomic E-state index is -1.74. The van der Waals surface area contributed by atoms with Crippen molar-refractivity contribution in [1.82, 2.24) is 10.6 Å². The molecule has 7 nitrogen and oxygen atoms in total. The Balaban J connectivity index is 0.00000512. The molecule has 0 heterocycles. The van der Waals surface area contributed by atoms with E-state index in [9.17, 15) is 19.5 Å². The van der Waals surface area contributed by atoms with E-state index in [1.54, 1.807) is 42.5 Å². The molecule has 2 rings (SSSR count). The average molecular weight is 465 g/mol. The predicted octanol–water partition coefficient (Wildman–Crippen LogP) is -1.31. The van der Waals surface area contributed by atoms with Crippen LogP contribution in [0.4, 0.5) is 0 Å². The van der Waals surface area contributed by atoms with Crippen molar-refractivity contribution in [2.24, 2.45) is 5.92 Å². The number of carbonyl (C=O) groups is 3. The van der Waals surface area contributed by atoms with Gasteiger partial charge in [-0.15, -0.1) is 0 Å². The molecule has 2 aromatic rings. The van der Waals surface area contributed by atoms with Crippen molar-refractivity contribution in [3.8, 4) is 5.75 Å². The molecule has 0 aromatic heterocycles. The Kier molecular flexibility index (Phi) is 11.6. The van der Waals surface area contributed by atoms with Crippen LogP contribution in [0, 0.1) is 12.8 Å². The second kappa shape index (κ2) is 13.1. The van der Waals surface area contributed by atoms with Crippen molar-refractivity contribution in [2.45, 2.75) is 45.7 Å². The fraction of sp³-hybridized carbons (Fsp3) is 0.375. The van der Waals surface area contributed by atoms with Gasteiger partial charge in [0.1, 0.15) is 17.3 Å². The minimum Gasteiger partial charge on any atom is -0.547 e. The Morgan fingerprint density at radius 2 is 1.62 bits per heavy atom. The molecule has 0 aliphatic heterocycles. The molecule has 0 bridgehead atoms. The van der Waals surface area contributed by atoms with Crippen molar-refractivity contribution in [1.29, 1.82) is 0 Å². The Hall–Kier alpha value is -1.71. The summed E-state index contributed by atoms with van der Waals surface area (Å²) < 4.78 is 5.54. The smallest absolute Gasteiger partial charge is 0.547 e. The number of aryl methyl sites for hydroxylation is 1. The molecule has 1 unspecified atom stereocenters. The van der Waals surface area contributed by atoms with Gasteiger partial charge in [0.2, 0.25) is 5.91 Å². The van der Waals surface area contributed by atoms with Gasteiger partial charge in [-0.1, -0.05) is 62.4 Å². The first-order valence-corrected chi connectivity index (χ1v) is 10.2. The van der Waals surface area contributed by atoms with Crippen molar-refractivity contribution in [2.75, 3.05) is 6.61 Å². The number of carbonyl (C=O) groups excluding carboxylic acids is 3. The molecule has 0 saturated carbocycles. The molecule has 2 aromatic carbocycles. The van der Waals surface area contributed by atoms with E-state index in [2.05, 4.69) is 10.6 Å². The number of hydrogen-bond donors (Lipinski definition) is 2. The van der Waals surface area contributed by atoms with Crippen LogP contribution in [-0.2, 0) is 19.9 Å². The van der Waals surface area contributed by atoms with Gasteiger partial charge in [-0.05, 0) is 43.4 Å². The summed E-state index contributed by atoms with van der Waals surface area (Å²) >= 11 is 0. The molecular weight excluding hydrogens is 435 g/mol. The molecule has 2 amide bonds. The van der Waals surface area contributed by atoms with Gasteiger partial charge in [-0.25, -0.2) is 0 Å². The zero-order chi connectivity index (χ0) is 23.0. The normalized spacial score (nSPS) is 13.3. The summed E-state index contributed by atoms with van der Waals surface area (Å²) in [4.78, 5) is 37.3. The third kappa shape index (κ3) is 8.01. The second-order valence-electron chi connectivity index (χ2n) is 8.07. The van der Waals surface area contributed by atoms with Gasteiger partial charge in [-0.2, -0.15) is 0 Å². The number of ether oxygens (including phenoxy) is 1. The van der Waals surface area contributed by atoms with E-state index in [0.29, 0.717) is 17.7 Å². The number of rotatable bonds is 10.